The highest BCUT2D eigenvalue weighted by Crippen LogP contribution is 2.22. The van der Waals surface area contributed by atoms with E-state index in [9.17, 15) is 0 Å². The van der Waals surface area contributed by atoms with Crippen molar-refractivity contribution in [2.45, 2.75) is 38.8 Å². The van der Waals surface area contributed by atoms with Crippen LogP contribution in [0.4, 0.5) is 0 Å². The molecule has 20 heavy (non-hydrogen) atoms. The lowest BCUT2D eigenvalue weighted by molar-refractivity contribution is 0.0154. The van der Waals surface area contributed by atoms with Gasteiger partial charge in [-0.2, -0.15) is 0 Å². The number of rotatable bonds is 4. The largest absolute Gasteiger partial charge is 0.379 e. The zero-order valence-electron chi connectivity index (χ0n) is 12.3. The molecule has 1 atom stereocenters. The van der Waals surface area contributed by atoms with Crippen molar-refractivity contribution in [1.82, 2.24) is 19.4 Å². The number of hydrogen-bond donors (Lipinski definition) is 0. The van der Waals surface area contributed by atoms with Gasteiger partial charge >= 0.3 is 0 Å². The number of hydrogen-bond acceptors (Lipinski definition) is 6. The van der Waals surface area contributed by atoms with Gasteiger partial charge in [0, 0.05) is 32.2 Å². The summed E-state index contributed by atoms with van der Waals surface area (Å²) < 4.78 is 9.51. The molecular weight excluding hydrogens is 272 g/mol. The van der Waals surface area contributed by atoms with Crippen LogP contribution < -0.4 is 0 Å². The van der Waals surface area contributed by atoms with Gasteiger partial charge in [0.25, 0.3) is 0 Å². The molecule has 2 fully saturated rings. The van der Waals surface area contributed by atoms with E-state index in [1.807, 2.05) is 0 Å². The van der Waals surface area contributed by atoms with Gasteiger partial charge in [-0.3, -0.25) is 9.80 Å². The quantitative estimate of drug-likeness (QED) is 0.843. The van der Waals surface area contributed by atoms with Crippen molar-refractivity contribution in [3.63, 3.8) is 0 Å². The minimum absolute atomic E-state index is 0.684. The summed E-state index contributed by atoms with van der Waals surface area (Å²) in [6.45, 7) is 9.46. The van der Waals surface area contributed by atoms with Crippen LogP contribution in [0.3, 0.4) is 0 Å². The Balaban J connectivity index is 1.59. The van der Waals surface area contributed by atoms with Gasteiger partial charge in [-0.25, -0.2) is 0 Å². The van der Waals surface area contributed by atoms with Gasteiger partial charge in [-0.05, 0) is 37.8 Å². The predicted molar refractivity (Wildman–Crippen MR) is 80.0 cm³/mol. The van der Waals surface area contributed by atoms with Gasteiger partial charge < -0.3 is 4.74 Å². The van der Waals surface area contributed by atoms with E-state index >= 15 is 0 Å². The second-order valence-electron chi connectivity index (χ2n) is 5.81. The van der Waals surface area contributed by atoms with Crippen LogP contribution in [0.5, 0.6) is 0 Å². The van der Waals surface area contributed by atoms with Crippen molar-refractivity contribution in [3.8, 4) is 0 Å². The van der Waals surface area contributed by atoms with E-state index in [1.165, 1.54) is 37.2 Å². The Morgan fingerprint density at radius 1 is 1.25 bits per heavy atom. The summed E-state index contributed by atoms with van der Waals surface area (Å²) in [7, 11) is 0. The van der Waals surface area contributed by atoms with Crippen LogP contribution in [-0.4, -0.2) is 64.8 Å². The van der Waals surface area contributed by atoms with Crippen LogP contribution in [0.15, 0.2) is 0 Å². The molecule has 2 aliphatic rings. The number of piperidine rings is 1. The topological polar surface area (TPSA) is 41.5 Å². The van der Waals surface area contributed by atoms with Gasteiger partial charge in [0.05, 0.1) is 23.8 Å². The third-order valence-corrected chi connectivity index (χ3v) is 5.22. The molecule has 6 heteroatoms. The summed E-state index contributed by atoms with van der Waals surface area (Å²) in [5.74, 6) is 0. The van der Waals surface area contributed by atoms with Crippen molar-refractivity contribution in [1.29, 1.82) is 0 Å². The van der Waals surface area contributed by atoms with Crippen LogP contribution in [0, 0.1) is 6.92 Å². The van der Waals surface area contributed by atoms with Gasteiger partial charge in [-0.1, -0.05) is 10.9 Å². The van der Waals surface area contributed by atoms with Crippen LogP contribution in [0.2, 0.25) is 0 Å². The van der Waals surface area contributed by atoms with E-state index in [-0.39, 0.29) is 0 Å². The van der Waals surface area contributed by atoms with Crippen molar-refractivity contribution < 1.29 is 4.74 Å². The van der Waals surface area contributed by atoms with Crippen LogP contribution in [0.1, 0.15) is 29.8 Å². The molecule has 1 aromatic rings. The number of aromatic nitrogens is 2. The van der Waals surface area contributed by atoms with E-state index in [0.717, 1.165) is 38.5 Å². The van der Waals surface area contributed by atoms with Crippen molar-refractivity contribution >= 4 is 11.5 Å². The lowest BCUT2D eigenvalue weighted by atomic mass is 10.0. The Kier molecular flexibility index (Phi) is 4.99. The maximum absolute atomic E-state index is 5.45. The predicted octanol–water partition coefficient (Wildman–Crippen LogP) is 1.53. The molecule has 2 aliphatic heterocycles. The first-order valence-corrected chi connectivity index (χ1v) is 8.42. The van der Waals surface area contributed by atoms with E-state index in [4.69, 9.17) is 4.74 Å². The standard InChI is InChI=1S/C14H24N4OS/c1-12-14(20-16-15-12)11-18-5-3-2-4-13(18)10-17-6-8-19-9-7-17/h13H,2-11H2,1H3/t13-/m0/s1. The van der Waals surface area contributed by atoms with Gasteiger partial charge in [0.1, 0.15) is 0 Å². The SMILES string of the molecule is Cc1nnsc1CN1CCCC[C@H]1CN1CCOCC1. The lowest BCUT2D eigenvalue weighted by Crippen LogP contribution is -2.49. The third-order valence-electron chi connectivity index (χ3n) is 4.41. The second-order valence-corrected chi connectivity index (χ2v) is 6.65. The fourth-order valence-corrected chi connectivity index (χ4v) is 3.80. The summed E-state index contributed by atoms with van der Waals surface area (Å²) in [5.41, 5.74) is 1.10. The maximum Gasteiger partial charge on any atom is 0.0769 e. The summed E-state index contributed by atoms with van der Waals surface area (Å²) in [5, 5.41) is 4.14. The Morgan fingerprint density at radius 2 is 2.10 bits per heavy atom. The van der Waals surface area contributed by atoms with E-state index in [2.05, 4.69) is 26.3 Å². The molecule has 3 rings (SSSR count). The molecule has 0 bridgehead atoms. The normalized spacial score (nSPS) is 25.9. The third kappa shape index (κ3) is 3.55. The summed E-state index contributed by atoms with van der Waals surface area (Å²) >= 11 is 1.55. The Labute approximate surface area is 125 Å². The summed E-state index contributed by atoms with van der Waals surface area (Å²) in [6, 6.07) is 0.684. The molecule has 5 nitrogen and oxygen atoms in total. The smallest absolute Gasteiger partial charge is 0.0769 e. The first-order chi connectivity index (χ1) is 9.83. The molecule has 0 aromatic carbocycles. The van der Waals surface area contributed by atoms with E-state index < -0.39 is 0 Å². The van der Waals surface area contributed by atoms with E-state index in [1.54, 1.807) is 11.5 Å². The molecule has 0 unspecified atom stereocenters. The monoisotopic (exact) mass is 296 g/mol. The molecule has 3 heterocycles. The van der Waals surface area contributed by atoms with Gasteiger partial charge in [0.15, 0.2) is 0 Å². The maximum atomic E-state index is 5.45. The van der Waals surface area contributed by atoms with Crippen molar-refractivity contribution in [2.24, 2.45) is 0 Å². The number of aryl methyl sites for hydroxylation is 1. The fourth-order valence-electron chi connectivity index (χ4n) is 3.14. The summed E-state index contributed by atoms with van der Waals surface area (Å²) in [6.07, 6.45) is 4.01. The molecule has 112 valence electrons. The Morgan fingerprint density at radius 3 is 2.85 bits per heavy atom. The number of ether oxygens (including phenoxy) is 1. The van der Waals surface area contributed by atoms with E-state index in [0.29, 0.717) is 6.04 Å². The van der Waals surface area contributed by atoms with Crippen molar-refractivity contribution in [3.05, 3.63) is 10.6 Å². The molecule has 0 aliphatic carbocycles. The molecule has 0 saturated carbocycles. The Hall–Kier alpha value is -0.560. The van der Waals surface area contributed by atoms with Crippen LogP contribution in [-0.2, 0) is 11.3 Å². The molecule has 0 amide bonds. The number of likely N-dealkylation sites (tertiary alicyclic amines) is 1. The molecule has 0 N–H and O–H groups in total. The molecule has 0 spiro atoms. The second kappa shape index (κ2) is 6.93. The van der Waals surface area contributed by atoms with Gasteiger partial charge in [-0.15, -0.1) is 5.10 Å². The fraction of sp³-hybridized carbons (Fsp3) is 0.857. The molecule has 1 aromatic heterocycles. The van der Waals surface area contributed by atoms with Gasteiger partial charge in [0.2, 0.25) is 0 Å². The summed E-state index contributed by atoms with van der Waals surface area (Å²) in [4.78, 5) is 6.53. The Bertz CT molecular complexity index is 419. The molecular formula is C14H24N4OS. The number of morpholine rings is 1. The number of nitrogens with zero attached hydrogens (tertiary/aromatic N) is 4. The van der Waals surface area contributed by atoms with Crippen molar-refractivity contribution in [2.75, 3.05) is 39.4 Å². The zero-order chi connectivity index (χ0) is 13.8. The average molecular weight is 296 g/mol. The van der Waals surface area contributed by atoms with Crippen LogP contribution >= 0.6 is 11.5 Å². The molecule has 0 radical (unpaired) electrons. The lowest BCUT2D eigenvalue weighted by Gasteiger charge is -2.39. The highest BCUT2D eigenvalue weighted by atomic mass is 32.1. The average Bonchev–Trinajstić information content (AvgIpc) is 2.88. The van der Waals surface area contributed by atoms with Crippen LogP contribution in [0.25, 0.3) is 0 Å². The highest BCUT2D eigenvalue weighted by Gasteiger charge is 2.26. The molecule has 2 saturated heterocycles. The highest BCUT2D eigenvalue weighted by molar-refractivity contribution is 7.05. The first kappa shape index (κ1) is 14.4. The first-order valence-electron chi connectivity index (χ1n) is 7.65. The minimum atomic E-state index is 0.684. The zero-order valence-corrected chi connectivity index (χ0v) is 13.1. The minimum Gasteiger partial charge on any atom is -0.379 e.